The first-order valence-electron chi connectivity index (χ1n) is 9.98. The molecule has 6 N–H and O–H groups in total. The molecule has 1 aromatic rings. The van der Waals surface area contributed by atoms with Crippen molar-refractivity contribution in [3.05, 3.63) is 22.3 Å². The Labute approximate surface area is 178 Å². The number of nitrogens with two attached hydrogens (primary N) is 2. The van der Waals surface area contributed by atoms with Crippen LogP contribution in [0.25, 0.3) is 0 Å². The predicted octanol–water partition coefficient (Wildman–Crippen LogP) is 1.08. The summed E-state index contributed by atoms with van der Waals surface area (Å²) in [4.78, 5) is 11.4. The minimum Gasteiger partial charge on any atom is -0.487 e. The summed E-state index contributed by atoms with van der Waals surface area (Å²) in [6, 6.07) is -0.865. The van der Waals surface area contributed by atoms with Gasteiger partial charge < -0.3 is 16.2 Å². The quantitative estimate of drug-likeness (QED) is 0.313. The largest absolute Gasteiger partial charge is 0.487 e. The number of sulfonamides is 1. The Balaban J connectivity index is 2.10. The fourth-order valence-electron chi connectivity index (χ4n) is 3.76. The van der Waals surface area contributed by atoms with Crippen molar-refractivity contribution in [1.82, 2.24) is 10.0 Å². The fourth-order valence-corrected chi connectivity index (χ4v) is 5.37. The maximum atomic E-state index is 13.1. The van der Waals surface area contributed by atoms with Gasteiger partial charge in [-0.1, -0.05) is 0 Å². The van der Waals surface area contributed by atoms with Gasteiger partial charge in [0.1, 0.15) is 24.3 Å². The van der Waals surface area contributed by atoms with Gasteiger partial charge in [0, 0.05) is 12.0 Å². The second kappa shape index (κ2) is 9.27. The van der Waals surface area contributed by atoms with Crippen molar-refractivity contribution in [3.63, 3.8) is 0 Å². The molecule has 0 saturated heterocycles. The van der Waals surface area contributed by atoms with E-state index in [1.165, 1.54) is 0 Å². The van der Waals surface area contributed by atoms with Crippen molar-refractivity contribution in [1.29, 1.82) is 0 Å². The Bertz CT molecular complexity index is 918. The lowest BCUT2D eigenvalue weighted by molar-refractivity contribution is -0.121. The number of carbonyl (C=O) groups is 1. The SMILES string of the molecule is Cc1c(C)c(S(=O)(=O)NC(N)NCCC[C@H](N)C(=O)CF)c(C)c2c1OC(C)(C)C2. The van der Waals surface area contributed by atoms with Gasteiger partial charge in [-0.25, -0.2) is 12.8 Å². The van der Waals surface area contributed by atoms with Gasteiger partial charge in [0.05, 0.1) is 10.9 Å². The second-order valence-corrected chi connectivity index (χ2v) is 10.1. The van der Waals surface area contributed by atoms with Crippen LogP contribution in [-0.4, -0.2) is 45.4 Å². The van der Waals surface area contributed by atoms with Crippen LogP contribution in [0, 0.1) is 20.8 Å². The number of ketones is 1. The normalized spacial score (nSPS) is 17.3. The van der Waals surface area contributed by atoms with Crippen LogP contribution >= 0.6 is 0 Å². The molecule has 0 bridgehead atoms. The van der Waals surface area contributed by atoms with Crippen LogP contribution in [-0.2, 0) is 21.2 Å². The maximum Gasteiger partial charge on any atom is 0.243 e. The molecule has 8 nitrogen and oxygen atoms in total. The molecule has 1 aliphatic heterocycles. The van der Waals surface area contributed by atoms with Crippen LogP contribution in [0.4, 0.5) is 4.39 Å². The van der Waals surface area contributed by atoms with Crippen molar-refractivity contribution >= 4 is 15.8 Å². The number of hydrogen-bond donors (Lipinski definition) is 4. The lowest BCUT2D eigenvalue weighted by Crippen LogP contribution is -2.52. The van der Waals surface area contributed by atoms with Crippen molar-refractivity contribution in [3.8, 4) is 5.75 Å². The van der Waals surface area contributed by atoms with Gasteiger partial charge in [-0.2, -0.15) is 4.72 Å². The van der Waals surface area contributed by atoms with E-state index >= 15 is 0 Å². The number of Topliss-reactive ketones (excluding diaryl/α,β-unsaturated/α-hetero) is 1. The third kappa shape index (κ3) is 5.36. The van der Waals surface area contributed by atoms with Gasteiger partial charge in [-0.3, -0.25) is 10.1 Å². The van der Waals surface area contributed by atoms with Gasteiger partial charge >= 0.3 is 0 Å². The third-order valence-corrected chi connectivity index (χ3v) is 7.16. The van der Waals surface area contributed by atoms with Crippen LogP contribution in [0.5, 0.6) is 5.75 Å². The molecule has 1 unspecified atom stereocenters. The smallest absolute Gasteiger partial charge is 0.243 e. The van der Waals surface area contributed by atoms with E-state index in [-0.39, 0.29) is 16.9 Å². The molecule has 10 heteroatoms. The number of rotatable bonds is 10. The molecular weight excluding hydrogens is 411 g/mol. The van der Waals surface area contributed by atoms with Crippen molar-refractivity contribution in [2.24, 2.45) is 11.5 Å². The van der Waals surface area contributed by atoms with E-state index in [9.17, 15) is 17.6 Å². The first kappa shape index (κ1) is 24.7. The second-order valence-electron chi connectivity index (χ2n) is 8.45. The summed E-state index contributed by atoms with van der Waals surface area (Å²) in [5.74, 6) is 0.112. The number of fused-ring (bicyclic) bond motifs is 1. The van der Waals surface area contributed by atoms with E-state index in [1.807, 2.05) is 20.8 Å². The molecule has 1 heterocycles. The minimum absolute atomic E-state index is 0.216. The molecule has 30 heavy (non-hydrogen) atoms. The number of ether oxygens (including phenoxy) is 1. The highest BCUT2D eigenvalue weighted by atomic mass is 32.2. The third-order valence-electron chi connectivity index (χ3n) is 5.44. The average Bonchev–Trinajstić information content (AvgIpc) is 2.98. The standard InChI is InChI=1S/C20H33FN4O4S/c1-11-12(2)18(13(3)14-9-20(4,5)29-17(11)14)30(27,28)25-19(23)24-8-6-7-15(22)16(26)10-21/h15,19,24-25H,6-10,22-23H2,1-5H3/t15-,19?/m0/s1. The van der Waals surface area contributed by atoms with Gasteiger partial charge in [0.25, 0.3) is 0 Å². The van der Waals surface area contributed by atoms with E-state index in [0.29, 0.717) is 30.5 Å². The molecule has 0 fully saturated rings. The number of nitrogens with one attached hydrogen (secondary N) is 2. The van der Waals surface area contributed by atoms with Crippen LogP contribution in [0.2, 0.25) is 0 Å². The number of halogens is 1. The molecular formula is C20H33FN4O4S. The molecule has 1 aromatic carbocycles. The number of carbonyl (C=O) groups excluding carboxylic acids is 1. The van der Waals surface area contributed by atoms with Crippen LogP contribution in [0.15, 0.2) is 4.90 Å². The Morgan fingerprint density at radius 2 is 1.83 bits per heavy atom. The van der Waals surface area contributed by atoms with Crippen molar-refractivity contribution < 1.29 is 22.3 Å². The molecule has 0 saturated carbocycles. The number of alkyl halides is 1. The van der Waals surface area contributed by atoms with Gasteiger partial charge in [0.15, 0.2) is 5.78 Å². The summed E-state index contributed by atoms with van der Waals surface area (Å²) < 4.78 is 47.0. The maximum absolute atomic E-state index is 13.1. The number of hydrogen-bond acceptors (Lipinski definition) is 7. The monoisotopic (exact) mass is 444 g/mol. The van der Waals surface area contributed by atoms with Gasteiger partial charge in [0.2, 0.25) is 10.0 Å². The Morgan fingerprint density at radius 3 is 2.43 bits per heavy atom. The molecule has 2 atom stereocenters. The molecule has 0 spiro atoms. The highest BCUT2D eigenvalue weighted by Crippen LogP contribution is 2.43. The van der Waals surface area contributed by atoms with E-state index in [1.54, 1.807) is 13.8 Å². The van der Waals surface area contributed by atoms with Crippen molar-refractivity contribution in [2.45, 2.75) is 76.7 Å². The van der Waals surface area contributed by atoms with E-state index in [0.717, 1.165) is 16.9 Å². The van der Waals surface area contributed by atoms with Gasteiger partial charge in [-0.15, -0.1) is 0 Å². The first-order chi connectivity index (χ1) is 13.8. The summed E-state index contributed by atoms with van der Waals surface area (Å²) in [5, 5.41) is 2.84. The molecule has 0 amide bonds. The molecule has 0 aliphatic carbocycles. The summed E-state index contributed by atoms with van der Waals surface area (Å²) in [7, 11) is -3.89. The fraction of sp³-hybridized carbons (Fsp3) is 0.650. The van der Waals surface area contributed by atoms with E-state index in [2.05, 4.69) is 10.0 Å². The van der Waals surface area contributed by atoms with E-state index in [4.69, 9.17) is 16.2 Å². The topological polar surface area (TPSA) is 137 Å². The van der Waals surface area contributed by atoms with Crippen LogP contribution < -0.4 is 26.2 Å². The molecule has 170 valence electrons. The first-order valence-corrected chi connectivity index (χ1v) is 11.5. The summed E-state index contributed by atoms with van der Waals surface area (Å²) >= 11 is 0. The van der Waals surface area contributed by atoms with Gasteiger partial charge in [-0.05, 0) is 70.7 Å². The minimum atomic E-state index is -3.89. The summed E-state index contributed by atoms with van der Waals surface area (Å²) in [5.41, 5.74) is 14.1. The zero-order chi connectivity index (χ0) is 22.9. The average molecular weight is 445 g/mol. The summed E-state index contributed by atoms with van der Waals surface area (Å²) in [6.07, 6.45) is 0.334. The van der Waals surface area contributed by atoms with E-state index < -0.39 is 34.8 Å². The lowest BCUT2D eigenvalue weighted by atomic mass is 9.94. The highest BCUT2D eigenvalue weighted by molar-refractivity contribution is 7.89. The lowest BCUT2D eigenvalue weighted by Gasteiger charge is -2.21. The highest BCUT2D eigenvalue weighted by Gasteiger charge is 2.36. The zero-order valence-corrected chi connectivity index (χ0v) is 19.1. The molecule has 0 aromatic heterocycles. The Kier molecular flexibility index (Phi) is 7.63. The summed E-state index contributed by atoms with van der Waals surface area (Å²) in [6.45, 7) is 8.57. The molecule has 2 rings (SSSR count). The van der Waals surface area contributed by atoms with Crippen LogP contribution in [0.1, 0.15) is 48.9 Å². The Hall–Kier alpha value is -1.59. The predicted molar refractivity (Wildman–Crippen MR) is 114 cm³/mol. The van der Waals surface area contributed by atoms with Crippen LogP contribution in [0.3, 0.4) is 0 Å². The number of benzene rings is 1. The molecule has 0 radical (unpaired) electrons. The molecule has 1 aliphatic rings. The van der Waals surface area contributed by atoms with Crippen molar-refractivity contribution in [2.75, 3.05) is 13.2 Å². The Morgan fingerprint density at radius 1 is 1.20 bits per heavy atom. The zero-order valence-electron chi connectivity index (χ0n) is 18.3.